The van der Waals surface area contributed by atoms with Crippen molar-refractivity contribution in [3.8, 4) is 0 Å². The van der Waals surface area contributed by atoms with Crippen LogP contribution in [-0.4, -0.2) is 24.2 Å². The van der Waals surface area contributed by atoms with E-state index in [-0.39, 0.29) is 17.9 Å². The van der Waals surface area contributed by atoms with Gasteiger partial charge >= 0.3 is 0 Å². The number of carbonyl (C=O) groups is 1. The van der Waals surface area contributed by atoms with E-state index in [1.165, 1.54) is 19.3 Å². The molecule has 1 amide bonds. The van der Waals surface area contributed by atoms with Gasteiger partial charge in [-0.3, -0.25) is 4.79 Å². The summed E-state index contributed by atoms with van der Waals surface area (Å²) in [5.41, 5.74) is -0.142. The number of carbonyl (C=O) groups excluding carboxylic acids is 1. The number of nitrogens with one attached hydrogen (secondary N) is 1. The van der Waals surface area contributed by atoms with Crippen LogP contribution in [0.1, 0.15) is 52.4 Å². The Morgan fingerprint density at radius 3 is 2.56 bits per heavy atom. The highest BCUT2D eigenvalue weighted by Gasteiger charge is 2.34. The Kier molecular flexibility index (Phi) is 5.26. The third kappa shape index (κ3) is 3.78. The van der Waals surface area contributed by atoms with E-state index in [0.29, 0.717) is 12.5 Å². The predicted molar refractivity (Wildman–Crippen MR) is 65.1 cm³/mol. The molecule has 1 atom stereocenters. The fourth-order valence-electron chi connectivity index (χ4n) is 2.36. The minimum absolute atomic E-state index is 0.142. The number of hydrogen-bond donors (Lipinski definition) is 2. The molecule has 0 radical (unpaired) electrons. The molecule has 1 saturated carbocycles. The van der Waals surface area contributed by atoms with Gasteiger partial charge in [0.1, 0.15) is 0 Å². The lowest BCUT2D eigenvalue weighted by Gasteiger charge is -2.32. The highest BCUT2D eigenvalue weighted by atomic mass is 16.3. The van der Waals surface area contributed by atoms with Crippen molar-refractivity contribution in [3.63, 3.8) is 0 Å². The van der Waals surface area contributed by atoms with Crippen molar-refractivity contribution in [3.05, 3.63) is 0 Å². The maximum Gasteiger partial charge on any atom is 0.225 e. The molecule has 0 aliphatic heterocycles. The highest BCUT2D eigenvalue weighted by Crippen LogP contribution is 2.35. The molecule has 94 valence electrons. The van der Waals surface area contributed by atoms with Crippen molar-refractivity contribution in [2.75, 3.05) is 13.2 Å². The van der Waals surface area contributed by atoms with E-state index in [4.69, 9.17) is 5.11 Å². The van der Waals surface area contributed by atoms with Crippen LogP contribution in [0, 0.1) is 11.3 Å². The third-order valence-corrected chi connectivity index (χ3v) is 3.74. The number of amides is 1. The van der Waals surface area contributed by atoms with Crippen LogP contribution in [-0.2, 0) is 4.79 Å². The van der Waals surface area contributed by atoms with Crippen LogP contribution < -0.4 is 5.32 Å². The Morgan fingerprint density at radius 1 is 1.38 bits per heavy atom. The van der Waals surface area contributed by atoms with Crippen LogP contribution in [0.3, 0.4) is 0 Å². The molecule has 1 fully saturated rings. The standard InChI is InChI=1S/C13H25NO2/c1-11(6-9-15)10-14-12(16)13(2)7-4-3-5-8-13/h11,15H,3-10H2,1-2H3,(H,14,16). The first-order valence-corrected chi connectivity index (χ1v) is 6.47. The summed E-state index contributed by atoms with van der Waals surface area (Å²) in [6.45, 7) is 5.03. The highest BCUT2D eigenvalue weighted by molar-refractivity contribution is 5.82. The summed E-state index contributed by atoms with van der Waals surface area (Å²) in [4.78, 5) is 12.1. The van der Waals surface area contributed by atoms with Crippen LogP contribution in [0.2, 0.25) is 0 Å². The van der Waals surface area contributed by atoms with Crippen molar-refractivity contribution in [2.24, 2.45) is 11.3 Å². The molecule has 0 aromatic rings. The van der Waals surface area contributed by atoms with Crippen LogP contribution in [0.4, 0.5) is 0 Å². The van der Waals surface area contributed by atoms with E-state index in [1.54, 1.807) is 0 Å². The smallest absolute Gasteiger partial charge is 0.225 e. The monoisotopic (exact) mass is 227 g/mol. The van der Waals surface area contributed by atoms with Crippen molar-refractivity contribution in [1.82, 2.24) is 5.32 Å². The molecule has 0 heterocycles. The molecule has 0 saturated heterocycles. The number of aliphatic hydroxyl groups is 1. The molecule has 0 aromatic heterocycles. The maximum atomic E-state index is 12.1. The zero-order valence-corrected chi connectivity index (χ0v) is 10.6. The van der Waals surface area contributed by atoms with Crippen molar-refractivity contribution < 1.29 is 9.90 Å². The normalized spacial score (nSPS) is 21.4. The molecule has 2 N–H and O–H groups in total. The average molecular weight is 227 g/mol. The summed E-state index contributed by atoms with van der Waals surface area (Å²) in [7, 11) is 0. The van der Waals surface area contributed by atoms with E-state index < -0.39 is 0 Å². The van der Waals surface area contributed by atoms with Gasteiger partial charge in [0.15, 0.2) is 0 Å². The fraction of sp³-hybridized carbons (Fsp3) is 0.923. The molecule has 0 spiro atoms. The minimum atomic E-state index is -0.142. The van der Waals surface area contributed by atoms with E-state index in [9.17, 15) is 4.79 Å². The third-order valence-electron chi connectivity index (χ3n) is 3.74. The Balaban J connectivity index is 2.33. The summed E-state index contributed by atoms with van der Waals surface area (Å²) in [5, 5.41) is 11.8. The number of aliphatic hydroxyl groups excluding tert-OH is 1. The first kappa shape index (κ1) is 13.5. The Bertz CT molecular complexity index is 222. The molecule has 3 heteroatoms. The molecule has 1 aliphatic rings. The summed E-state index contributed by atoms with van der Waals surface area (Å²) in [6.07, 6.45) is 6.42. The first-order valence-electron chi connectivity index (χ1n) is 6.47. The number of rotatable bonds is 5. The lowest BCUT2D eigenvalue weighted by atomic mass is 9.75. The van der Waals surface area contributed by atoms with E-state index >= 15 is 0 Å². The molecule has 16 heavy (non-hydrogen) atoms. The van der Waals surface area contributed by atoms with Gasteiger partial charge < -0.3 is 10.4 Å². The second-order valence-corrected chi connectivity index (χ2v) is 5.45. The topological polar surface area (TPSA) is 49.3 Å². The maximum absolute atomic E-state index is 12.1. The Hall–Kier alpha value is -0.570. The second kappa shape index (κ2) is 6.24. The van der Waals surface area contributed by atoms with Crippen molar-refractivity contribution >= 4 is 5.91 Å². The lowest BCUT2D eigenvalue weighted by Crippen LogP contribution is -2.41. The number of hydrogen-bond acceptors (Lipinski definition) is 2. The van der Waals surface area contributed by atoms with Gasteiger partial charge in [0, 0.05) is 18.6 Å². The van der Waals surface area contributed by atoms with Gasteiger partial charge in [0.05, 0.1) is 0 Å². The van der Waals surface area contributed by atoms with Crippen LogP contribution in [0.15, 0.2) is 0 Å². The van der Waals surface area contributed by atoms with Gasteiger partial charge in [-0.15, -0.1) is 0 Å². The zero-order valence-electron chi connectivity index (χ0n) is 10.6. The van der Waals surface area contributed by atoms with Gasteiger partial charge in [-0.2, -0.15) is 0 Å². The molecule has 0 aromatic carbocycles. The Labute approximate surface area is 98.6 Å². The molecular weight excluding hydrogens is 202 g/mol. The van der Waals surface area contributed by atoms with Crippen LogP contribution in [0.25, 0.3) is 0 Å². The van der Waals surface area contributed by atoms with Crippen LogP contribution >= 0.6 is 0 Å². The predicted octanol–water partition coefficient (Wildman–Crippen LogP) is 2.09. The molecular formula is C13H25NO2. The molecule has 3 nitrogen and oxygen atoms in total. The largest absolute Gasteiger partial charge is 0.396 e. The lowest BCUT2D eigenvalue weighted by molar-refractivity contribution is -0.132. The summed E-state index contributed by atoms with van der Waals surface area (Å²) in [5.74, 6) is 0.568. The molecule has 1 aliphatic carbocycles. The van der Waals surface area contributed by atoms with Gasteiger partial charge in [0.25, 0.3) is 0 Å². The van der Waals surface area contributed by atoms with Gasteiger partial charge in [0.2, 0.25) is 5.91 Å². The first-order chi connectivity index (χ1) is 7.58. The molecule has 0 bridgehead atoms. The van der Waals surface area contributed by atoms with Gasteiger partial charge in [-0.25, -0.2) is 0 Å². The molecule has 1 unspecified atom stereocenters. The Morgan fingerprint density at radius 2 is 2.00 bits per heavy atom. The van der Waals surface area contributed by atoms with Gasteiger partial charge in [-0.05, 0) is 25.2 Å². The fourth-order valence-corrected chi connectivity index (χ4v) is 2.36. The van der Waals surface area contributed by atoms with Gasteiger partial charge in [-0.1, -0.05) is 33.1 Å². The zero-order chi connectivity index (χ0) is 12.0. The second-order valence-electron chi connectivity index (χ2n) is 5.45. The average Bonchev–Trinajstić information content (AvgIpc) is 2.27. The quantitative estimate of drug-likeness (QED) is 0.755. The van der Waals surface area contributed by atoms with E-state index in [2.05, 4.69) is 19.2 Å². The van der Waals surface area contributed by atoms with Crippen molar-refractivity contribution in [2.45, 2.75) is 52.4 Å². The summed E-state index contributed by atoms with van der Waals surface area (Å²) in [6, 6.07) is 0. The minimum Gasteiger partial charge on any atom is -0.396 e. The van der Waals surface area contributed by atoms with E-state index in [0.717, 1.165) is 19.3 Å². The van der Waals surface area contributed by atoms with Crippen LogP contribution in [0.5, 0.6) is 0 Å². The summed E-state index contributed by atoms with van der Waals surface area (Å²) >= 11 is 0. The van der Waals surface area contributed by atoms with Crippen molar-refractivity contribution in [1.29, 1.82) is 0 Å². The summed E-state index contributed by atoms with van der Waals surface area (Å²) < 4.78 is 0. The SMILES string of the molecule is CC(CCO)CNC(=O)C1(C)CCCCC1. The van der Waals surface area contributed by atoms with E-state index in [1.807, 2.05) is 0 Å². The molecule has 1 rings (SSSR count).